The van der Waals surface area contributed by atoms with Crippen molar-refractivity contribution in [3.05, 3.63) is 12.7 Å². The third-order valence-corrected chi connectivity index (χ3v) is 0.548. The second-order valence-electron chi connectivity index (χ2n) is 0.385. The van der Waals surface area contributed by atoms with Gasteiger partial charge in [-0.25, -0.2) is 0 Å². The van der Waals surface area contributed by atoms with E-state index in [2.05, 4.69) is 23.0 Å². The molecule has 0 saturated carbocycles. The van der Waals surface area contributed by atoms with Gasteiger partial charge in [-0.05, 0) is 0 Å². The third kappa shape index (κ3) is 2.17. The molecule has 0 fully saturated rings. The Kier molecular flexibility index (Phi) is 3.30. The van der Waals surface area contributed by atoms with Crippen LogP contribution in [0.5, 0.6) is 0 Å². The average molecular weight is 115 g/mol. The van der Waals surface area contributed by atoms with Crippen LogP contribution in [0, 0.1) is 0 Å². The SMILES string of the molecule is C=CC=[As]. The summed E-state index contributed by atoms with van der Waals surface area (Å²) < 4.78 is 0. The second kappa shape index (κ2) is 3.17. The first kappa shape index (κ1) is 4.17. The van der Waals surface area contributed by atoms with Gasteiger partial charge in [0.2, 0.25) is 0 Å². The van der Waals surface area contributed by atoms with Crippen molar-refractivity contribution < 1.29 is 0 Å². The minimum atomic E-state index is 1.72. The van der Waals surface area contributed by atoms with Gasteiger partial charge in [-0.3, -0.25) is 0 Å². The first-order valence-corrected chi connectivity index (χ1v) is 2.08. The van der Waals surface area contributed by atoms with E-state index in [-0.39, 0.29) is 0 Å². The Morgan fingerprint density at radius 1 is 1.75 bits per heavy atom. The van der Waals surface area contributed by atoms with Gasteiger partial charge in [-0.1, -0.05) is 0 Å². The molecule has 0 rings (SSSR count). The summed E-state index contributed by atoms with van der Waals surface area (Å²) in [4.78, 5) is 1.83. The molecule has 21 valence electrons. The van der Waals surface area contributed by atoms with Crippen LogP contribution in [-0.2, 0) is 0 Å². The van der Waals surface area contributed by atoms with E-state index in [9.17, 15) is 0 Å². The summed E-state index contributed by atoms with van der Waals surface area (Å²) in [5, 5.41) is 0. The van der Waals surface area contributed by atoms with E-state index in [1.54, 1.807) is 6.08 Å². The maximum absolute atomic E-state index is 3.41. The predicted molar refractivity (Wildman–Crippen MR) is 22.0 cm³/mol. The van der Waals surface area contributed by atoms with Crippen LogP contribution in [0.4, 0.5) is 0 Å². The van der Waals surface area contributed by atoms with Crippen LogP contribution in [0.25, 0.3) is 0 Å². The van der Waals surface area contributed by atoms with Crippen LogP contribution in [-0.4, -0.2) is 21.2 Å². The molecule has 1 radical (unpaired) electrons. The van der Waals surface area contributed by atoms with E-state index in [0.29, 0.717) is 0 Å². The van der Waals surface area contributed by atoms with E-state index < -0.39 is 0 Å². The molecule has 0 nitrogen and oxygen atoms in total. The maximum atomic E-state index is 3.41. The molecule has 4 heavy (non-hydrogen) atoms. The summed E-state index contributed by atoms with van der Waals surface area (Å²) in [6.45, 7) is 3.41. The molecule has 0 spiro atoms. The summed E-state index contributed by atoms with van der Waals surface area (Å²) in [7, 11) is 0. The van der Waals surface area contributed by atoms with Crippen molar-refractivity contribution in [2.24, 2.45) is 0 Å². The third-order valence-electron chi connectivity index (χ3n) is 0.105. The molecule has 0 amide bonds. The van der Waals surface area contributed by atoms with Gasteiger partial charge in [0.15, 0.2) is 0 Å². The van der Waals surface area contributed by atoms with Crippen molar-refractivity contribution in [3.63, 3.8) is 0 Å². The van der Waals surface area contributed by atoms with Gasteiger partial charge < -0.3 is 0 Å². The zero-order valence-corrected chi connectivity index (χ0v) is 4.19. The van der Waals surface area contributed by atoms with Crippen molar-refractivity contribution >= 4 is 21.2 Å². The summed E-state index contributed by atoms with van der Waals surface area (Å²) in [5.41, 5.74) is 0. The number of allylic oxidation sites excluding steroid dienone is 1. The first-order chi connectivity index (χ1) is 1.91. The van der Waals surface area contributed by atoms with E-state index in [1.165, 1.54) is 0 Å². The fourth-order valence-corrected chi connectivity index (χ4v) is 0. The van der Waals surface area contributed by atoms with Crippen LogP contribution >= 0.6 is 0 Å². The van der Waals surface area contributed by atoms with E-state index in [0.717, 1.165) is 0 Å². The fourth-order valence-electron chi connectivity index (χ4n) is 0. The molecule has 0 bridgehead atoms. The molecule has 0 N–H and O–H groups in total. The molecule has 0 aromatic carbocycles. The predicted octanol–water partition coefficient (Wildman–Crippen LogP) is 0.143. The van der Waals surface area contributed by atoms with E-state index >= 15 is 0 Å². The van der Waals surface area contributed by atoms with Gasteiger partial charge in [0.05, 0.1) is 0 Å². The van der Waals surface area contributed by atoms with Crippen LogP contribution < -0.4 is 0 Å². The van der Waals surface area contributed by atoms with Gasteiger partial charge in [-0.2, -0.15) is 0 Å². The Balaban J connectivity index is 2.73. The Bertz CT molecular complexity index is 24.3. The van der Waals surface area contributed by atoms with Crippen molar-refractivity contribution in [2.75, 3.05) is 0 Å². The van der Waals surface area contributed by atoms with Crippen molar-refractivity contribution in [2.45, 2.75) is 0 Å². The molecule has 0 heterocycles. The number of hydrogen-bond acceptors (Lipinski definition) is 0. The Hall–Kier alpha value is 0.168. The topological polar surface area (TPSA) is 0 Å². The number of rotatable bonds is 1. The fraction of sp³-hybridized carbons (Fsp3) is 0. The molecule has 0 saturated heterocycles. The molecular formula is C3H4As. The molecule has 0 aliphatic heterocycles. The molecule has 0 atom stereocenters. The quantitative estimate of drug-likeness (QED) is 0.426. The van der Waals surface area contributed by atoms with Gasteiger partial charge in [0.1, 0.15) is 0 Å². The minimum absolute atomic E-state index is 1.72. The number of hydrogen-bond donors (Lipinski definition) is 0. The Labute approximate surface area is 34.6 Å². The first-order valence-electron chi connectivity index (χ1n) is 1.000. The second-order valence-corrected chi connectivity index (χ2v) is 1.01. The van der Waals surface area contributed by atoms with Crippen molar-refractivity contribution in [1.82, 2.24) is 0 Å². The normalized spacial score (nSPS) is 5.00. The summed E-state index contributed by atoms with van der Waals surface area (Å²) in [6, 6.07) is 0. The van der Waals surface area contributed by atoms with E-state index in [4.69, 9.17) is 0 Å². The van der Waals surface area contributed by atoms with Crippen LogP contribution in [0.3, 0.4) is 0 Å². The summed E-state index contributed by atoms with van der Waals surface area (Å²) in [6.07, 6.45) is 1.72. The molecule has 0 aliphatic rings. The van der Waals surface area contributed by atoms with E-state index in [1.807, 2.05) is 4.81 Å². The standard InChI is InChI=1S/C3H4As/c1-2-3-4/h2-3H,1H2. The molecule has 0 aromatic heterocycles. The average Bonchev–Trinajstić information content (AvgIpc) is 1.37. The van der Waals surface area contributed by atoms with Crippen LogP contribution in [0.2, 0.25) is 0 Å². The molecule has 1 heteroatoms. The molecule has 0 aromatic rings. The summed E-state index contributed by atoms with van der Waals surface area (Å²) >= 11 is 2.29. The Morgan fingerprint density at radius 2 is 2.00 bits per heavy atom. The monoisotopic (exact) mass is 115 g/mol. The van der Waals surface area contributed by atoms with Gasteiger partial charge >= 0.3 is 33.9 Å². The zero-order chi connectivity index (χ0) is 3.41. The van der Waals surface area contributed by atoms with Crippen molar-refractivity contribution in [1.29, 1.82) is 0 Å². The summed E-state index contributed by atoms with van der Waals surface area (Å²) in [5.74, 6) is 0. The zero-order valence-electron chi connectivity index (χ0n) is 2.31. The van der Waals surface area contributed by atoms with Crippen LogP contribution in [0.1, 0.15) is 0 Å². The van der Waals surface area contributed by atoms with Gasteiger partial charge in [0, 0.05) is 0 Å². The molecule has 0 unspecified atom stereocenters. The van der Waals surface area contributed by atoms with Gasteiger partial charge in [-0.15, -0.1) is 0 Å². The Morgan fingerprint density at radius 3 is 2.00 bits per heavy atom. The molecular weight excluding hydrogens is 111 g/mol. The van der Waals surface area contributed by atoms with Gasteiger partial charge in [0.25, 0.3) is 0 Å². The molecule has 0 aliphatic carbocycles. The van der Waals surface area contributed by atoms with Crippen molar-refractivity contribution in [3.8, 4) is 0 Å². The van der Waals surface area contributed by atoms with Crippen LogP contribution in [0.15, 0.2) is 12.7 Å².